The molecule has 5 rings (SSSR count). The Bertz CT molecular complexity index is 533. The van der Waals surface area contributed by atoms with Crippen LogP contribution in [0.3, 0.4) is 0 Å². The van der Waals surface area contributed by atoms with Gasteiger partial charge in [0.15, 0.2) is 0 Å². The third kappa shape index (κ3) is 2.04. The molecule has 4 aliphatic heterocycles. The SMILES string of the molecule is C1CC2COC(c3noc(C4CC5CCC4N5)n3)CN2C1. The van der Waals surface area contributed by atoms with E-state index in [2.05, 4.69) is 20.4 Å². The van der Waals surface area contributed by atoms with Crippen LogP contribution in [-0.4, -0.2) is 52.9 Å². The molecule has 0 saturated carbocycles. The first-order chi connectivity index (χ1) is 10.4. The summed E-state index contributed by atoms with van der Waals surface area (Å²) in [7, 11) is 0. The summed E-state index contributed by atoms with van der Waals surface area (Å²) in [6, 6.07) is 1.81. The molecule has 5 unspecified atom stereocenters. The van der Waals surface area contributed by atoms with E-state index in [-0.39, 0.29) is 6.10 Å². The lowest BCUT2D eigenvalue weighted by atomic mass is 9.89. The summed E-state index contributed by atoms with van der Waals surface area (Å²) in [4.78, 5) is 7.20. The Balaban J connectivity index is 1.32. The predicted octanol–water partition coefficient (Wildman–Crippen LogP) is 1.21. The van der Waals surface area contributed by atoms with Crippen molar-refractivity contribution in [2.75, 3.05) is 19.7 Å². The smallest absolute Gasteiger partial charge is 0.231 e. The van der Waals surface area contributed by atoms with Crippen molar-refractivity contribution < 1.29 is 9.26 Å². The van der Waals surface area contributed by atoms with Gasteiger partial charge in [0.25, 0.3) is 0 Å². The molecule has 5 heterocycles. The molecule has 0 spiro atoms. The number of fused-ring (bicyclic) bond motifs is 3. The molecule has 21 heavy (non-hydrogen) atoms. The number of ether oxygens (including phenoxy) is 1. The van der Waals surface area contributed by atoms with Crippen LogP contribution >= 0.6 is 0 Å². The number of hydrogen-bond donors (Lipinski definition) is 1. The maximum atomic E-state index is 5.97. The summed E-state index contributed by atoms with van der Waals surface area (Å²) in [5, 5.41) is 7.84. The van der Waals surface area contributed by atoms with Crippen molar-refractivity contribution in [2.24, 2.45) is 0 Å². The Hall–Kier alpha value is -0.980. The Morgan fingerprint density at radius 1 is 1.24 bits per heavy atom. The lowest BCUT2D eigenvalue weighted by molar-refractivity contribution is -0.0548. The fourth-order valence-corrected chi connectivity index (χ4v) is 4.60. The molecule has 0 amide bonds. The molecule has 0 radical (unpaired) electrons. The van der Waals surface area contributed by atoms with Gasteiger partial charge >= 0.3 is 0 Å². The highest BCUT2D eigenvalue weighted by atomic mass is 16.5. The normalized spacial score (nSPS) is 42.6. The van der Waals surface area contributed by atoms with Crippen molar-refractivity contribution in [3.8, 4) is 0 Å². The maximum Gasteiger partial charge on any atom is 0.231 e. The van der Waals surface area contributed by atoms with E-state index in [1.54, 1.807) is 0 Å². The molecule has 1 N–H and O–H groups in total. The Morgan fingerprint density at radius 2 is 2.24 bits per heavy atom. The van der Waals surface area contributed by atoms with Crippen LogP contribution in [0.25, 0.3) is 0 Å². The quantitative estimate of drug-likeness (QED) is 0.883. The molecular weight excluding hydrogens is 268 g/mol. The molecule has 4 aliphatic rings. The van der Waals surface area contributed by atoms with Gasteiger partial charge in [0.2, 0.25) is 11.7 Å². The van der Waals surface area contributed by atoms with E-state index >= 15 is 0 Å². The van der Waals surface area contributed by atoms with E-state index < -0.39 is 0 Å². The average molecular weight is 290 g/mol. The summed E-state index contributed by atoms with van der Waals surface area (Å²) >= 11 is 0. The van der Waals surface area contributed by atoms with Gasteiger partial charge in [-0.05, 0) is 38.6 Å². The lowest BCUT2D eigenvalue weighted by Gasteiger charge is -2.33. The first-order valence-electron chi connectivity index (χ1n) is 8.32. The summed E-state index contributed by atoms with van der Waals surface area (Å²) in [6.07, 6.45) is 6.22. The minimum absolute atomic E-state index is 0.0107. The molecule has 2 bridgehead atoms. The fraction of sp³-hybridized carbons (Fsp3) is 0.867. The summed E-state index contributed by atoms with van der Waals surface area (Å²) in [5.74, 6) is 1.98. The lowest BCUT2D eigenvalue weighted by Crippen LogP contribution is -2.42. The monoisotopic (exact) mass is 290 g/mol. The van der Waals surface area contributed by atoms with Crippen molar-refractivity contribution in [3.63, 3.8) is 0 Å². The minimum atomic E-state index is -0.0107. The molecule has 4 fully saturated rings. The number of rotatable bonds is 2. The second-order valence-corrected chi connectivity index (χ2v) is 6.99. The summed E-state index contributed by atoms with van der Waals surface area (Å²) in [6.45, 7) is 2.91. The number of aromatic nitrogens is 2. The Labute approximate surface area is 124 Å². The average Bonchev–Trinajstić information content (AvgIpc) is 3.27. The maximum absolute atomic E-state index is 5.97. The number of morpholine rings is 1. The molecule has 0 aromatic carbocycles. The molecule has 1 aromatic rings. The van der Waals surface area contributed by atoms with Crippen LogP contribution < -0.4 is 5.32 Å². The predicted molar refractivity (Wildman–Crippen MR) is 74.9 cm³/mol. The first kappa shape index (κ1) is 12.6. The summed E-state index contributed by atoms with van der Waals surface area (Å²) in [5.41, 5.74) is 0. The third-order valence-corrected chi connectivity index (χ3v) is 5.75. The van der Waals surface area contributed by atoms with E-state index in [1.807, 2.05) is 0 Å². The van der Waals surface area contributed by atoms with Gasteiger partial charge in [-0.1, -0.05) is 5.16 Å². The van der Waals surface area contributed by atoms with Gasteiger partial charge in [-0.25, -0.2) is 0 Å². The zero-order valence-corrected chi connectivity index (χ0v) is 12.2. The molecule has 0 aliphatic carbocycles. The van der Waals surface area contributed by atoms with Crippen LogP contribution in [0.5, 0.6) is 0 Å². The first-order valence-corrected chi connectivity index (χ1v) is 8.32. The zero-order chi connectivity index (χ0) is 13.8. The minimum Gasteiger partial charge on any atom is -0.367 e. The van der Waals surface area contributed by atoms with Crippen LogP contribution in [0.15, 0.2) is 4.52 Å². The largest absolute Gasteiger partial charge is 0.367 e. The van der Waals surface area contributed by atoms with Crippen molar-refractivity contribution in [3.05, 3.63) is 11.7 Å². The zero-order valence-electron chi connectivity index (χ0n) is 12.2. The summed E-state index contributed by atoms with van der Waals surface area (Å²) < 4.78 is 11.5. The molecule has 5 atom stereocenters. The second-order valence-electron chi connectivity index (χ2n) is 6.99. The van der Waals surface area contributed by atoms with E-state index in [4.69, 9.17) is 9.26 Å². The topological polar surface area (TPSA) is 63.4 Å². The molecule has 114 valence electrons. The van der Waals surface area contributed by atoms with Crippen LogP contribution in [-0.2, 0) is 4.74 Å². The van der Waals surface area contributed by atoms with Crippen LogP contribution in [0.4, 0.5) is 0 Å². The van der Waals surface area contributed by atoms with Crippen molar-refractivity contribution in [1.29, 1.82) is 0 Å². The molecule has 1 aromatic heterocycles. The van der Waals surface area contributed by atoms with Gasteiger partial charge in [-0.15, -0.1) is 0 Å². The Kier molecular flexibility index (Phi) is 2.85. The van der Waals surface area contributed by atoms with E-state index in [0.29, 0.717) is 24.0 Å². The van der Waals surface area contributed by atoms with Crippen LogP contribution in [0.1, 0.15) is 55.8 Å². The standard InChI is InChI=1S/C15H22N4O2/c1-2-10-8-20-13(7-19(10)5-1)14-17-15(21-18-14)11-6-9-3-4-12(11)16-9/h9-13,16H,1-8H2. The van der Waals surface area contributed by atoms with Gasteiger partial charge in [-0.3, -0.25) is 4.90 Å². The van der Waals surface area contributed by atoms with Gasteiger partial charge in [0, 0.05) is 24.7 Å². The van der Waals surface area contributed by atoms with Crippen LogP contribution in [0.2, 0.25) is 0 Å². The van der Waals surface area contributed by atoms with E-state index in [1.165, 1.54) is 32.2 Å². The molecular formula is C15H22N4O2. The third-order valence-electron chi connectivity index (χ3n) is 5.75. The fourth-order valence-electron chi connectivity index (χ4n) is 4.60. The van der Waals surface area contributed by atoms with Gasteiger partial charge in [0.1, 0.15) is 6.10 Å². The highest BCUT2D eigenvalue weighted by Crippen LogP contribution is 2.39. The molecule has 4 saturated heterocycles. The van der Waals surface area contributed by atoms with E-state index in [9.17, 15) is 0 Å². The number of nitrogens with zero attached hydrogens (tertiary/aromatic N) is 3. The highest BCUT2D eigenvalue weighted by Gasteiger charge is 2.43. The highest BCUT2D eigenvalue weighted by molar-refractivity contribution is 5.10. The number of nitrogens with one attached hydrogen (secondary N) is 1. The number of hydrogen-bond acceptors (Lipinski definition) is 6. The van der Waals surface area contributed by atoms with E-state index in [0.717, 1.165) is 31.3 Å². The van der Waals surface area contributed by atoms with Gasteiger partial charge in [0.05, 0.1) is 12.5 Å². The molecule has 6 nitrogen and oxygen atoms in total. The van der Waals surface area contributed by atoms with Crippen LogP contribution in [0, 0.1) is 0 Å². The second kappa shape index (κ2) is 4.76. The molecule has 6 heteroatoms. The van der Waals surface area contributed by atoms with Crippen molar-refractivity contribution in [1.82, 2.24) is 20.4 Å². The van der Waals surface area contributed by atoms with Crippen molar-refractivity contribution >= 4 is 0 Å². The Morgan fingerprint density at radius 3 is 3.10 bits per heavy atom. The van der Waals surface area contributed by atoms with Gasteiger partial charge in [-0.2, -0.15) is 4.98 Å². The van der Waals surface area contributed by atoms with Crippen molar-refractivity contribution in [2.45, 2.75) is 62.3 Å². The van der Waals surface area contributed by atoms with Gasteiger partial charge < -0.3 is 14.6 Å².